The second-order valence-corrected chi connectivity index (χ2v) is 10.1. The molecule has 0 saturated carbocycles. The molecule has 196 valence electrons. The summed E-state index contributed by atoms with van der Waals surface area (Å²) in [6, 6.07) is 5.14. The molecule has 36 heavy (non-hydrogen) atoms. The van der Waals surface area contributed by atoms with E-state index >= 15 is 0 Å². The Hall–Kier alpha value is -2.80. The van der Waals surface area contributed by atoms with Crippen LogP contribution in [0.3, 0.4) is 0 Å². The largest absolute Gasteiger partial charge is 0.487 e. The third-order valence-corrected chi connectivity index (χ3v) is 6.84. The van der Waals surface area contributed by atoms with E-state index in [1.807, 2.05) is 19.9 Å². The molecule has 0 radical (unpaired) electrons. The summed E-state index contributed by atoms with van der Waals surface area (Å²) in [6.07, 6.45) is -7.68. The molecule has 0 aliphatic carbocycles. The fourth-order valence-corrected chi connectivity index (χ4v) is 4.30. The molecule has 1 aromatic carbocycles. The summed E-state index contributed by atoms with van der Waals surface area (Å²) in [5.41, 5.74) is -1.17. The lowest BCUT2D eigenvalue weighted by Gasteiger charge is -2.40. The van der Waals surface area contributed by atoms with Gasteiger partial charge in [-0.2, -0.15) is 0 Å². The number of benzene rings is 1. The molecule has 2 aromatic rings. The average molecular weight is 507 g/mol. The Balaban J connectivity index is 1.51. The molecule has 3 heterocycles. The van der Waals surface area contributed by atoms with Crippen molar-refractivity contribution in [2.45, 2.75) is 75.0 Å². The summed E-state index contributed by atoms with van der Waals surface area (Å²) in [5.74, 6) is -1.12. The molecule has 1 saturated heterocycles. The highest BCUT2D eigenvalue weighted by Gasteiger charge is 2.49. The summed E-state index contributed by atoms with van der Waals surface area (Å²) in [5, 5.41) is 50.8. The number of rotatable bonds is 7. The Bertz CT molecular complexity index is 1230. The van der Waals surface area contributed by atoms with Crippen molar-refractivity contribution in [3.63, 3.8) is 0 Å². The number of aliphatic hydroxyl groups excluding tert-OH is 3. The quantitative estimate of drug-likeness (QED) is 0.256. The van der Waals surface area contributed by atoms with E-state index in [1.165, 1.54) is 6.92 Å². The monoisotopic (exact) mass is 506 g/mol. The fraction of sp³-hybridized carbons (Fsp3) is 0.520. The number of hydrogen-bond donors (Lipinski definition) is 5. The van der Waals surface area contributed by atoms with E-state index in [0.29, 0.717) is 22.3 Å². The molecule has 7 atom stereocenters. The number of aliphatic carboxylic acids is 1. The van der Waals surface area contributed by atoms with E-state index < -0.39 is 66.0 Å². The van der Waals surface area contributed by atoms with Gasteiger partial charge in [-0.1, -0.05) is 19.9 Å². The first-order chi connectivity index (χ1) is 16.7. The SMILES string of the molecule is C=CC(C)(C)c1cc2cc3c(cc2oc1=O)OC(C(C)(O)COC1OC(C(=O)O)C(O)C(O)C1O)C3. The number of allylic oxidation sites excluding steroid dienone is 1. The average Bonchev–Trinajstić information content (AvgIpc) is 3.23. The Morgan fingerprint density at radius 2 is 1.86 bits per heavy atom. The highest BCUT2D eigenvalue weighted by molar-refractivity contribution is 5.80. The zero-order chi connectivity index (χ0) is 26.6. The second kappa shape index (κ2) is 9.25. The smallest absolute Gasteiger partial charge is 0.340 e. The molecular formula is C25H30O11. The number of hydrogen-bond acceptors (Lipinski definition) is 10. The van der Waals surface area contributed by atoms with Gasteiger partial charge in [0.25, 0.3) is 0 Å². The normalized spacial score (nSPS) is 29.9. The molecule has 11 nitrogen and oxygen atoms in total. The molecule has 5 N–H and O–H groups in total. The van der Waals surface area contributed by atoms with Gasteiger partial charge >= 0.3 is 11.6 Å². The predicted octanol–water partition coefficient (Wildman–Crippen LogP) is 0.220. The van der Waals surface area contributed by atoms with Crippen molar-refractivity contribution in [2.75, 3.05) is 6.61 Å². The van der Waals surface area contributed by atoms with Gasteiger partial charge in [-0.25, -0.2) is 9.59 Å². The minimum Gasteiger partial charge on any atom is -0.487 e. The minimum atomic E-state index is -1.85. The number of fused-ring (bicyclic) bond motifs is 2. The lowest BCUT2D eigenvalue weighted by Crippen LogP contribution is -2.61. The van der Waals surface area contributed by atoms with E-state index in [4.69, 9.17) is 23.7 Å². The Morgan fingerprint density at radius 1 is 1.17 bits per heavy atom. The molecule has 11 heteroatoms. The van der Waals surface area contributed by atoms with Crippen molar-refractivity contribution in [3.8, 4) is 5.75 Å². The molecule has 1 aromatic heterocycles. The fourth-order valence-electron chi connectivity index (χ4n) is 4.30. The molecule has 0 bridgehead atoms. The van der Waals surface area contributed by atoms with E-state index in [1.54, 1.807) is 18.2 Å². The number of carbonyl (C=O) groups is 1. The van der Waals surface area contributed by atoms with Crippen LogP contribution in [0.2, 0.25) is 0 Å². The third-order valence-electron chi connectivity index (χ3n) is 6.84. The molecule has 0 amide bonds. The predicted molar refractivity (Wildman–Crippen MR) is 125 cm³/mol. The zero-order valence-corrected chi connectivity index (χ0v) is 20.1. The molecule has 1 fully saturated rings. The van der Waals surface area contributed by atoms with Gasteiger partial charge in [-0.15, -0.1) is 6.58 Å². The van der Waals surface area contributed by atoms with Gasteiger partial charge in [-0.3, -0.25) is 0 Å². The van der Waals surface area contributed by atoms with Crippen molar-refractivity contribution in [2.24, 2.45) is 0 Å². The zero-order valence-electron chi connectivity index (χ0n) is 20.1. The summed E-state index contributed by atoms with van der Waals surface area (Å²) >= 11 is 0. The van der Waals surface area contributed by atoms with Crippen molar-refractivity contribution in [1.82, 2.24) is 0 Å². The van der Waals surface area contributed by atoms with Gasteiger partial charge in [0, 0.05) is 28.9 Å². The van der Waals surface area contributed by atoms with E-state index in [-0.39, 0.29) is 6.42 Å². The first-order valence-electron chi connectivity index (χ1n) is 11.4. The number of carboxylic acids is 1. The van der Waals surface area contributed by atoms with Crippen LogP contribution in [-0.4, -0.2) is 80.5 Å². The highest BCUT2D eigenvalue weighted by atomic mass is 16.7. The maximum Gasteiger partial charge on any atom is 0.340 e. The van der Waals surface area contributed by atoms with E-state index in [9.17, 15) is 30.0 Å². The van der Waals surface area contributed by atoms with E-state index in [2.05, 4.69) is 6.58 Å². The Kier molecular flexibility index (Phi) is 6.75. The van der Waals surface area contributed by atoms with Crippen molar-refractivity contribution in [1.29, 1.82) is 0 Å². The maximum atomic E-state index is 12.5. The number of carboxylic acid groups (broad SMARTS) is 1. The van der Waals surface area contributed by atoms with Crippen LogP contribution >= 0.6 is 0 Å². The molecule has 2 aliphatic heterocycles. The third kappa shape index (κ3) is 4.65. The van der Waals surface area contributed by atoms with Gasteiger partial charge < -0.3 is 44.2 Å². The number of ether oxygens (including phenoxy) is 3. The lowest BCUT2D eigenvalue weighted by molar-refractivity contribution is -0.303. The van der Waals surface area contributed by atoms with Crippen LogP contribution in [0, 0.1) is 0 Å². The first-order valence-corrected chi connectivity index (χ1v) is 11.4. The summed E-state index contributed by atoms with van der Waals surface area (Å²) in [4.78, 5) is 23.8. The summed E-state index contributed by atoms with van der Waals surface area (Å²) in [6.45, 7) is 8.47. The van der Waals surface area contributed by atoms with Crippen LogP contribution in [0.5, 0.6) is 5.75 Å². The maximum absolute atomic E-state index is 12.5. The standard InChI is InChI=1S/C25H30O11/c1-5-24(2,3)13-7-11-6-12-8-16(34-14(12)9-15(11)35-22(13)31)25(4,32)10-33-23-19(28)17(26)18(27)20(36-23)21(29)30/h5-7,9,16-20,23,26-28,32H,1,8,10H2,2-4H3,(H,29,30). The van der Waals surface area contributed by atoms with Crippen molar-refractivity contribution < 1.29 is 49.0 Å². The van der Waals surface area contributed by atoms with Gasteiger partial charge in [0.05, 0.1) is 6.61 Å². The highest BCUT2D eigenvalue weighted by Crippen LogP contribution is 2.37. The first kappa shape index (κ1) is 26.3. The Labute approximate surface area is 206 Å². The molecule has 2 aliphatic rings. The van der Waals surface area contributed by atoms with Gasteiger partial charge in [-0.05, 0) is 24.6 Å². The summed E-state index contributed by atoms with van der Waals surface area (Å²) < 4.78 is 21.9. The van der Waals surface area contributed by atoms with E-state index in [0.717, 1.165) is 5.56 Å². The van der Waals surface area contributed by atoms with Gasteiger partial charge in [0.15, 0.2) is 12.4 Å². The van der Waals surface area contributed by atoms with Crippen molar-refractivity contribution >= 4 is 16.9 Å². The topological polar surface area (TPSA) is 176 Å². The molecule has 4 rings (SSSR count). The second-order valence-electron chi connectivity index (χ2n) is 10.1. The van der Waals surface area contributed by atoms with Crippen LogP contribution in [0.4, 0.5) is 0 Å². The van der Waals surface area contributed by atoms with Crippen LogP contribution < -0.4 is 10.4 Å². The number of aliphatic hydroxyl groups is 4. The molecule has 0 spiro atoms. The minimum absolute atomic E-state index is 0.286. The van der Waals surface area contributed by atoms with Crippen LogP contribution in [0.25, 0.3) is 11.0 Å². The Morgan fingerprint density at radius 3 is 2.50 bits per heavy atom. The molecule has 7 unspecified atom stereocenters. The van der Waals surface area contributed by atoms with Gasteiger partial charge in [0.1, 0.15) is 41.3 Å². The van der Waals surface area contributed by atoms with Gasteiger partial charge in [0.2, 0.25) is 0 Å². The van der Waals surface area contributed by atoms with Crippen LogP contribution in [0.1, 0.15) is 31.9 Å². The summed E-state index contributed by atoms with van der Waals surface area (Å²) in [7, 11) is 0. The van der Waals surface area contributed by atoms with Crippen LogP contribution in [0.15, 0.2) is 40.1 Å². The lowest BCUT2D eigenvalue weighted by atomic mass is 9.85. The van der Waals surface area contributed by atoms with Crippen LogP contribution in [-0.2, 0) is 26.1 Å². The molecular weight excluding hydrogens is 476 g/mol. The van der Waals surface area contributed by atoms with Crippen molar-refractivity contribution in [3.05, 3.63) is 52.4 Å².